The highest BCUT2D eigenvalue weighted by atomic mass is 16.3. The summed E-state index contributed by atoms with van der Waals surface area (Å²) in [5, 5.41) is 21.3. The monoisotopic (exact) mass is 289 g/mol. The standard InChI is InChI=1S/C19H31NO/c1-4-17(2,3)15-7-9-19(21,10-8-15)18(13-20)12-14-5-6-16(18)11-14/h14-16,21H,4-12H2,1-3H3. The second kappa shape index (κ2) is 4.98. The van der Waals surface area contributed by atoms with E-state index >= 15 is 0 Å². The van der Waals surface area contributed by atoms with Crippen LogP contribution < -0.4 is 0 Å². The number of hydrogen-bond acceptors (Lipinski definition) is 2. The van der Waals surface area contributed by atoms with Crippen LogP contribution in [0.5, 0.6) is 0 Å². The van der Waals surface area contributed by atoms with E-state index in [4.69, 9.17) is 0 Å². The van der Waals surface area contributed by atoms with Gasteiger partial charge in [0.25, 0.3) is 0 Å². The van der Waals surface area contributed by atoms with Crippen molar-refractivity contribution in [1.29, 1.82) is 5.26 Å². The molecule has 0 aromatic heterocycles. The molecule has 3 fully saturated rings. The molecule has 2 bridgehead atoms. The number of hydrogen-bond donors (Lipinski definition) is 1. The Balaban J connectivity index is 1.77. The van der Waals surface area contributed by atoms with E-state index < -0.39 is 11.0 Å². The van der Waals surface area contributed by atoms with Gasteiger partial charge in [-0.1, -0.05) is 33.6 Å². The summed E-state index contributed by atoms with van der Waals surface area (Å²) in [6.07, 6.45) is 9.70. The first-order valence-electron chi connectivity index (χ1n) is 9.00. The van der Waals surface area contributed by atoms with Crippen LogP contribution in [0.1, 0.15) is 78.6 Å². The van der Waals surface area contributed by atoms with Crippen molar-refractivity contribution >= 4 is 0 Å². The van der Waals surface area contributed by atoms with E-state index in [0.29, 0.717) is 23.2 Å². The number of nitrogens with zero attached hydrogens (tertiary/aromatic N) is 1. The molecule has 3 aliphatic carbocycles. The minimum Gasteiger partial charge on any atom is -0.388 e. The van der Waals surface area contributed by atoms with Gasteiger partial charge in [-0.15, -0.1) is 0 Å². The molecular formula is C19H31NO. The lowest BCUT2D eigenvalue weighted by Gasteiger charge is -2.51. The van der Waals surface area contributed by atoms with Gasteiger partial charge in [-0.05, 0) is 68.1 Å². The third-order valence-corrected chi connectivity index (χ3v) is 7.71. The van der Waals surface area contributed by atoms with Gasteiger partial charge in [-0.25, -0.2) is 0 Å². The zero-order valence-corrected chi connectivity index (χ0v) is 14.0. The number of fused-ring (bicyclic) bond motifs is 2. The van der Waals surface area contributed by atoms with Crippen LogP contribution in [0.4, 0.5) is 0 Å². The van der Waals surface area contributed by atoms with Crippen LogP contribution in [-0.4, -0.2) is 10.7 Å². The van der Waals surface area contributed by atoms with Crippen molar-refractivity contribution in [2.24, 2.45) is 28.6 Å². The minimum atomic E-state index is -0.706. The predicted molar refractivity (Wildman–Crippen MR) is 84.5 cm³/mol. The third kappa shape index (κ3) is 2.15. The molecule has 0 aromatic carbocycles. The fourth-order valence-electron chi connectivity index (χ4n) is 5.75. The van der Waals surface area contributed by atoms with Gasteiger partial charge in [0.1, 0.15) is 0 Å². The molecule has 0 aliphatic heterocycles. The van der Waals surface area contributed by atoms with Crippen LogP contribution >= 0.6 is 0 Å². The zero-order valence-electron chi connectivity index (χ0n) is 14.0. The van der Waals surface area contributed by atoms with Gasteiger partial charge < -0.3 is 5.11 Å². The lowest BCUT2D eigenvalue weighted by atomic mass is 9.55. The predicted octanol–water partition coefficient (Wildman–Crippen LogP) is 4.67. The van der Waals surface area contributed by atoms with Gasteiger partial charge in [0.05, 0.1) is 17.1 Å². The van der Waals surface area contributed by atoms with Crippen LogP contribution in [0.25, 0.3) is 0 Å². The molecule has 0 heterocycles. The minimum absolute atomic E-state index is 0.371. The van der Waals surface area contributed by atoms with Crippen LogP contribution in [0.3, 0.4) is 0 Å². The lowest BCUT2D eigenvalue weighted by Crippen LogP contribution is -2.53. The van der Waals surface area contributed by atoms with E-state index in [1.54, 1.807) is 0 Å². The molecule has 3 unspecified atom stereocenters. The Morgan fingerprint density at radius 2 is 1.86 bits per heavy atom. The lowest BCUT2D eigenvalue weighted by molar-refractivity contribution is -0.120. The molecule has 0 saturated heterocycles. The highest BCUT2D eigenvalue weighted by molar-refractivity contribution is 5.21. The van der Waals surface area contributed by atoms with Gasteiger partial charge in [0.15, 0.2) is 0 Å². The summed E-state index contributed by atoms with van der Waals surface area (Å²) >= 11 is 0. The molecule has 0 spiro atoms. The summed E-state index contributed by atoms with van der Waals surface area (Å²) in [5.41, 5.74) is -0.755. The Morgan fingerprint density at radius 1 is 1.19 bits per heavy atom. The largest absolute Gasteiger partial charge is 0.388 e. The molecular weight excluding hydrogens is 258 g/mol. The molecule has 118 valence electrons. The van der Waals surface area contributed by atoms with Crippen molar-refractivity contribution in [3.63, 3.8) is 0 Å². The van der Waals surface area contributed by atoms with Crippen molar-refractivity contribution in [1.82, 2.24) is 0 Å². The molecule has 2 heteroatoms. The van der Waals surface area contributed by atoms with Crippen LogP contribution in [-0.2, 0) is 0 Å². The maximum Gasteiger partial charge on any atom is 0.0890 e. The Morgan fingerprint density at radius 3 is 2.29 bits per heavy atom. The Kier molecular flexibility index (Phi) is 3.64. The maximum atomic E-state index is 11.4. The van der Waals surface area contributed by atoms with Crippen molar-refractivity contribution in [3.05, 3.63) is 0 Å². The fraction of sp³-hybridized carbons (Fsp3) is 0.947. The van der Waals surface area contributed by atoms with E-state index in [-0.39, 0.29) is 0 Å². The highest BCUT2D eigenvalue weighted by Crippen LogP contribution is 2.63. The second-order valence-electron chi connectivity index (χ2n) is 8.81. The summed E-state index contributed by atoms with van der Waals surface area (Å²) in [5.74, 6) is 1.88. The van der Waals surface area contributed by atoms with Crippen molar-refractivity contribution in [3.8, 4) is 6.07 Å². The molecule has 21 heavy (non-hydrogen) atoms. The fourth-order valence-corrected chi connectivity index (χ4v) is 5.75. The normalized spacial score (nSPS) is 46.5. The van der Waals surface area contributed by atoms with Gasteiger partial charge in [-0.3, -0.25) is 0 Å². The quantitative estimate of drug-likeness (QED) is 0.820. The maximum absolute atomic E-state index is 11.4. The molecule has 3 aliphatic rings. The zero-order chi connectivity index (χ0) is 15.3. The second-order valence-corrected chi connectivity index (χ2v) is 8.81. The Bertz CT molecular complexity index is 441. The van der Waals surface area contributed by atoms with Gasteiger partial charge in [0, 0.05) is 0 Å². The van der Waals surface area contributed by atoms with Crippen molar-refractivity contribution in [2.45, 2.75) is 84.2 Å². The van der Waals surface area contributed by atoms with Crippen LogP contribution in [0, 0.1) is 39.9 Å². The molecule has 1 N–H and O–H groups in total. The molecule has 3 atom stereocenters. The van der Waals surface area contributed by atoms with Gasteiger partial charge in [0.2, 0.25) is 0 Å². The molecule has 3 rings (SSSR count). The first kappa shape index (κ1) is 15.3. The van der Waals surface area contributed by atoms with E-state index in [0.717, 1.165) is 32.1 Å². The molecule has 0 amide bonds. The van der Waals surface area contributed by atoms with E-state index in [2.05, 4.69) is 26.8 Å². The van der Waals surface area contributed by atoms with E-state index in [1.165, 1.54) is 25.7 Å². The number of aliphatic hydroxyl groups is 1. The van der Waals surface area contributed by atoms with Gasteiger partial charge in [-0.2, -0.15) is 5.26 Å². The first-order chi connectivity index (χ1) is 9.87. The average Bonchev–Trinajstić information content (AvgIpc) is 3.09. The van der Waals surface area contributed by atoms with Crippen LogP contribution in [0.2, 0.25) is 0 Å². The SMILES string of the molecule is CCC(C)(C)C1CCC(O)(C2(C#N)CC3CCC2C3)CC1. The molecule has 0 aromatic rings. The van der Waals surface area contributed by atoms with Crippen molar-refractivity contribution < 1.29 is 5.11 Å². The Labute approximate surface area is 129 Å². The number of nitriles is 1. The van der Waals surface area contributed by atoms with E-state index in [1.807, 2.05) is 0 Å². The summed E-state index contributed by atoms with van der Waals surface area (Å²) < 4.78 is 0. The topological polar surface area (TPSA) is 44.0 Å². The Hall–Kier alpha value is -0.550. The summed E-state index contributed by atoms with van der Waals surface area (Å²) in [6.45, 7) is 6.99. The first-order valence-corrected chi connectivity index (χ1v) is 9.00. The molecule has 0 radical (unpaired) electrons. The van der Waals surface area contributed by atoms with Crippen LogP contribution in [0.15, 0.2) is 0 Å². The molecule has 3 saturated carbocycles. The summed E-state index contributed by atoms with van der Waals surface area (Å²) in [6, 6.07) is 2.64. The summed E-state index contributed by atoms with van der Waals surface area (Å²) in [4.78, 5) is 0. The molecule has 2 nitrogen and oxygen atoms in total. The summed E-state index contributed by atoms with van der Waals surface area (Å²) in [7, 11) is 0. The van der Waals surface area contributed by atoms with Crippen molar-refractivity contribution in [2.75, 3.05) is 0 Å². The van der Waals surface area contributed by atoms with Gasteiger partial charge >= 0.3 is 0 Å². The van der Waals surface area contributed by atoms with E-state index in [9.17, 15) is 10.4 Å². The smallest absolute Gasteiger partial charge is 0.0890 e. The highest BCUT2D eigenvalue weighted by Gasteiger charge is 2.62. The third-order valence-electron chi connectivity index (χ3n) is 7.71. The average molecular weight is 289 g/mol. The number of rotatable bonds is 3.